The molecule has 2 aliphatic rings. The molecule has 1 saturated carbocycles. The topological polar surface area (TPSA) is 32.3 Å². The van der Waals surface area contributed by atoms with Crippen molar-refractivity contribution >= 4 is 5.91 Å². The molecule has 0 radical (unpaired) electrons. The molecule has 2 unspecified atom stereocenters. The van der Waals surface area contributed by atoms with E-state index in [0.29, 0.717) is 17.9 Å². The van der Waals surface area contributed by atoms with Gasteiger partial charge in [0.25, 0.3) is 0 Å². The van der Waals surface area contributed by atoms with Crippen LogP contribution >= 0.6 is 0 Å². The van der Waals surface area contributed by atoms with Crippen molar-refractivity contribution in [3.05, 3.63) is 35.4 Å². The summed E-state index contributed by atoms with van der Waals surface area (Å²) in [5.41, 5.74) is 0.00236. The van der Waals surface area contributed by atoms with Gasteiger partial charge in [0.1, 0.15) is 0 Å². The highest BCUT2D eigenvalue weighted by atomic mass is 19.4. The molecule has 0 bridgehead atoms. The van der Waals surface area contributed by atoms with Crippen molar-refractivity contribution in [2.45, 2.75) is 38.3 Å². The zero-order valence-electron chi connectivity index (χ0n) is 14.5. The number of hydrogen-bond acceptors (Lipinski definition) is 2. The highest BCUT2D eigenvalue weighted by Gasteiger charge is 2.46. The summed E-state index contributed by atoms with van der Waals surface area (Å²) in [5, 5.41) is 3.35. The van der Waals surface area contributed by atoms with Crippen LogP contribution in [0.1, 0.15) is 43.2 Å². The van der Waals surface area contributed by atoms with Gasteiger partial charge in [0.15, 0.2) is 0 Å². The number of amides is 1. The number of halogens is 3. The van der Waals surface area contributed by atoms with E-state index in [9.17, 15) is 18.0 Å². The minimum Gasteiger partial charge on any atom is -0.342 e. The van der Waals surface area contributed by atoms with E-state index in [4.69, 9.17) is 0 Å². The summed E-state index contributed by atoms with van der Waals surface area (Å²) < 4.78 is 38.5. The zero-order valence-corrected chi connectivity index (χ0v) is 14.5. The number of likely N-dealkylation sites (tertiary alicyclic amines) is 1. The predicted molar refractivity (Wildman–Crippen MR) is 90.1 cm³/mol. The van der Waals surface area contributed by atoms with Crippen molar-refractivity contribution in [3.8, 4) is 0 Å². The molecule has 25 heavy (non-hydrogen) atoms. The molecule has 1 aromatic carbocycles. The van der Waals surface area contributed by atoms with Crippen LogP contribution in [-0.2, 0) is 11.0 Å². The lowest BCUT2D eigenvalue weighted by atomic mass is 9.96. The molecule has 0 spiro atoms. The third kappa shape index (κ3) is 4.35. The minimum absolute atomic E-state index is 0.0609. The Labute approximate surface area is 146 Å². The Bertz CT molecular complexity index is 609. The lowest BCUT2D eigenvalue weighted by Gasteiger charge is -2.32. The van der Waals surface area contributed by atoms with E-state index in [1.807, 2.05) is 4.90 Å². The van der Waals surface area contributed by atoms with E-state index in [1.54, 1.807) is 6.07 Å². The fourth-order valence-electron chi connectivity index (χ4n) is 3.72. The third-order valence-electron chi connectivity index (χ3n) is 5.36. The number of hydrogen-bond donors (Lipinski definition) is 1. The molecule has 0 aromatic heterocycles. The van der Waals surface area contributed by atoms with Crippen molar-refractivity contribution in [2.24, 2.45) is 11.8 Å². The van der Waals surface area contributed by atoms with E-state index in [0.717, 1.165) is 45.1 Å². The van der Waals surface area contributed by atoms with E-state index < -0.39 is 11.7 Å². The van der Waals surface area contributed by atoms with Crippen LogP contribution in [0.4, 0.5) is 13.2 Å². The zero-order chi connectivity index (χ0) is 18.0. The van der Waals surface area contributed by atoms with Crippen molar-refractivity contribution in [2.75, 3.05) is 26.2 Å². The predicted octanol–water partition coefficient (Wildman–Crippen LogP) is 3.66. The van der Waals surface area contributed by atoms with Gasteiger partial charge in [-0.15, -0.1) is 0 Å². The summed E-state index contributed by atoms with van der Waals surface area (Å²) in [5.74, 6) is 0.523. The second kappa shape index (κ2) is 7.36. The molecule has 3 rings (SSSR count). The van der Waals surface area contributed by atoms with E-state index in [-0.39, 0.29) is 17.7 Å². The van der Waals surface area contributed by atoms with E-state index >= 15 is 0 Å². The Morgan fingerprint density at radius 2 is 2.00 bits per heavy atom. The van der Waals surface area contributed by atoms with Gasteiger partial charge in [-0.1, -0.05) is 25.1 Å². The van der Waals surface area contributed by atoms with Crippen LogP contribution in [0.5, 0.6) is 0 Å². The number of benzene rings is 1. The SMILES string of the molecule is CCNCC1CCN(C(=O)C2CC2c2cccc(C(F)(F)F)c2)CC1. The average molecular weight is 354 g/mol. The van der Waals surface area contributed by atoms with Gasteiger partial charge in [0.2, 0.25) is 5.91 Å². The maximum Gasteiger partial charge on any atom is 0.416 e. The number of nitrogens with one attached hydrogen (secondary N) is 1. The second-order valence-electron chi connectivity index (χ2n) is 7.15. The summed E-state index contributed by atoms with van der Waals surface area (Å²) >= 11 is 0. The highest BCUT2D eigenvalue weighted by Crippen LogP contribution is 2.49. The standard InChI is InChI=1S/C19H25F3N2O/c1-2-23-12-13-6-8-24(9-7-13)18(25)17-11-16(17)14-4-3-5-15(10-14)19(20,21)22/h3-5,10,13,16-17,23H,2,6-9,11-12H2,1H3. The largest absolute Gasteiger partial charge is 0.416 e. The third-order valence-corrected chi connectivity index (χ3v) is 5.36. The lowest BCUT2D eigenvalue weighted by molar-refractivity contribution is -0.137. The minimum atomic E-state index is -4.33. The van der Waals surface area contributed by atoms with Gasteiger partial charge in [-0.3, -0.25) is 4.79 Å². The number of alkyl halides is 3. The molecular weight excluding hydrogens is 329 g/mol. The number of piperidine rings is 1. The Balaban J connectivity index is 1.55. The van der Waals surface area contributed by atoms with E-state index in [2.05, 4.69) is 12.2 Å². The second-order valence-corrected chi connectivity index (χ2v) is 7.15. The summed E-state index contributed by atoms with van der Waals surface area (Å²) in [6.45, 7) is 5.57. The van der Waals surface area contributed by atoms with E-state index in [1.165, 1.54) is 12.1 Å². The van der Waals surface area contributed by atoms with Crippen LogP contribution in [0.3, 0.4) is 0 Å². The Hall–Kier alpha value is -1.56. The Kier molecular flexibility index (Phi) is 5.37. The first-order chi connectivity index (χ1) is 11.9. The molecular formula is C19H25F3N2O. The molecule has 1 saturated heterocycles. The van der Waals surface area contributed by atoms with Crippen molar-refractivity contribution in [1.29, 1.82) is 0 Å². The Morgan fingerprint density at radius 3 is 2.64 bits per heavy atom. The number of carbonyl (C=O) groups is 1. The van der Waals surface area contributed by atoms with Crippen LogP contribution in [0.2, 0.25) is 0 Å². The maximum absolute atomic E-state index is 12.8. The first-order valence-corrected chi connectivity index (χ1v) is 9.06. The van der Waals surface area contributed by atoms with Gasteiger partial charge < -0.3 is 10.2 Å². The fraction of sp³-hybridized carbons (Fsp3) is 0.632. The first-order valence-electron chi connectivity index (χ1n) is 9.06. The van der Waals surface area contributed by atoms with Crippen molar-refractivity contribution < 1.29 is 18.0 Å². The molecule has 1 heterocycles. The van der Waals surface area contributed by atoms with Crippen molar-refractivity contribution in [1.82, 2.24) is 10.2 Å². The quantitative estimate of drug-likeness (QED) is 0.875. The van der Waals surface area contributed by atoms with Crippen LogP contribution in [-0.4, -0.2) is 37.0 Å². The van der Waals surface area contributed by atoms with Crippen LogP contribution < -0.4 is 5.32 Å². The lowest BCUT2D eigenvalue weighted by Crippen LogP contribution is -2.41. The molecule has 1 aliphatic heterocycles. The monoisotopic (exact) mass is 354 g/mol. The Morgan fingerprint density at radius 1 is 1.28 bits per heavy atom. The van der Waals surface area contributed by atoms with Gasteiger partial charge >= 0.3 is 6.18 Å². The highest BCUT2D eigenvalue weighted by molar-refractivity contribution is 5.83. The number of rotatable bonds is 5. The molecule has 1 N–H and O–H groups in total. The molecule has 6 heteroatoms. The summed E-state index contributed by atoms with van der Waals surface area (Å²) in [4.78, 5) is 14.5. The number of carbonyl (C=O) groups excluding carboxylic acids is 1. The van der Waals surface area contributed by atoms with Gasteiger partial charge in [0.05, 0.1) is 5.56 Å². The maximum atomic E-state index is 12.8. The molecule has 2 atom stereocenters. The van der Waals surface area contributed by atoms with Gasteiger partial charge in [-0.25, -0.2) is 0 Å². The average Bonchev–Trinajstić information content (AvgIpc) is 3.40. The molecule has 1 aromatic rings. The van der Waals surface area contributed by atoms with Crippen LogP contribution in [0.15, 0.2) is 24.3 Å². The summed E-state index contributed by atoms with van der Waals surface area (Å²) in [6, 6.07) is 5.42. The van der Waals surface area contributed by atoms with Gasteiger partial charge in [-0.05, 0) is 55.8 Å². The van der Waals surface area contributed by atoms with Crippen LogP contribution in [0, 0.1) is 11.8 Å². The molecule has 138 valence electrons. The molecule has 2 fully saturated rings. The summed E-state index contributed by atoms with van der Waals surface area (Å²) in [7, 11) is 0. The normalized spacial score (nSPS) is 24.4. The number of nitrogens with zero attached hydrogens (tertiary/aromatic N) is 1. The summed E-state index contributed by atoms with van der Waals surface area (Å²) in [6.07, 6.45) is -1.67. The fourth-order valence-corrected chi connectivity index (χ4v) is 3.72. The van der Waals surface area contributed by atoms with Crippen LogP contribution in [0.25, 0.3) is 0 Å². The molecule has 1 amide bonds. The first kappa shape index (κ1) is 18.2. The molecule has 1 aliphatic carbocycles. The van der Waals surface area contributed by atoms with Gasteiger partial charge in [-0.2, -0.15) is 13.2 Å². The smallest absolute Gasteiger partial charge is 0.342 e. The molecule has 3 nitrogen and oxygen atoms in total. The van der Waals surface area contributed by atoms with Crippen molar-refractivity contribution in [3.63, 3.8) is 0 Å². The van der Waals surface area contributed by atoms with Gasteiger partial charge in [0, 0.05) is 19.0 Å².